The summed E-state index contributed by atoms with van der Waals surface area (Å²) in [5.74, 6) is 2.50. The van der Waals surface area contributed by atoms with E-state index in [9.17, 15) is 0 Å². The van der Waals surface area contributed by atoms with E-state index in [4.69, 9.17) is 14.2 Å². The molecule has 0 bridgehead atoms. The number of fused-ring (bicyclic) bond motifs is 1. The van der Waals surface area contributed by atoms with E-state index >= 15 is 0 Å². The lowest BCUT2D eigenvalue weighted by molar-refractivity contribution is 0.0994. The summed E-state index contributed by atoms with van der Waals surface area (Å²) in [6, 6.07) is 5.84. The Balaban J connectivity index is 1.45. The topological polar surface area (TPSA) is 30.9 Å². The van der Waals surface area contributed by atoms with Crippen LogP contribution in [0.1, 0.15) is 39.0 Å². The van der Waals surface area contributed by atoms with Gasteiger partial charge in [-0.3, -0.25) is 0 Å². The van der Waals surface area contributed by atoms with Crippen molar-refractivity contribution in [1.82, 2.24) is 4.90 Å². The van der Waals surface area contributed by atoms with Crippen molar-refractivity contribution in [3.8, 4) is 17.2 Å². The standard InChI is InChI=1S/C17H25NO3/c1-2-3-4-9-18-10-7-14(8-11-18)21-15-5-6-16-17(12-15)20-13-19-16/h5-6,12,14H,2-4,7-11,13H2,1H3. The quantitative estimate of drug-likeness (QED) is 0.751. The molecule has 0 spiro atoms. The summed E-state index contributed by atoms with van der Waals surface area (Å²) in [4.78, 5) is 2.56. The molecule has 0 unspecified atom stereocenters. The molecule has 4 heteroatoms. The van der Waals surface area contributed by atoms with Gasteiger partial charge in [-0.2, -0.15) is 0 Å². The van der Waals surface area contributed by atoms with Gasteiger partial charge in [0.05, 0.1) is 0 Å². The summed E-state index contributed by atoms with van der Waals surface area (Å²) in [6.07, 6.45) is 6.51. The Morgan fingerprint density at radius 1 is 1.14 bits per heavy atom. The lowest BCUT2D eigenvalue weighted by Gasteiger charge is -2.32. The molecule has 1 fully saturated rings. The molecule has 0 amide bonds. The van der Waals surface area contributed by atoms with Gasteiger partial charge >= 0.3 is 0 Å². The summed E-state index contributed by atoms with van der Waals surface area (Å²) in [7, 11) is 0. The van der Waals surface area contributed by atoms with Crippen molar-refractivity contribution >= 4 is 0 Å². The molecule has 2 aliphatic heterocycles. The predicted molar refractivity (Wildman–Crippen MR) is 82.2 cm³/mol. The Hall–Kier alpha value is -1.42. The monoisotopic (exact) mass is 291 g/mol. The minimum atomic E-state index is 0.314. The van der Waals surface area contributed by atoms with Gasteiger partial charge in [0.1, 0.15) is 11.9 Å². The first-order valence-electron chi connectivity index (χ1n) is 8.14. The molecule has 0 saturated carbocycles. The van der Waals surface area contributed by atoms with Crippen molar-refractivity contribution in [2.75, 3.05) is 26.4 Å². The number of hydrogen-bond acceptors (Lipinski definition) is 4. The average Bonchev–Trinajstić information content (AvgIpc) is 2.97. The summed E-state index contributed by atoms with van der Waals surface area (Å²) in [5.41, 5.74) is 0. The van der Waals surface area contributed by atoms with Gasteiger partial charge in [0.15, 0.2) is 11.5 Å². The SMILES string of the molecule is CCCCCN1CCC(Oc2ccc3c(c2)OCO3)CC1. The van der Waals surface area contributed by atoms with E-state index in [0.717, 1.165) is 43.2 Å². The Morgan fingerprint density at radius 2 is 1.95 bits per heavy atom. The number of ether oxygens (including phenoxy) is 3. The molecule has 0 atom stereocenters. The average molecular weight is 291 g/mol. The fourth-order valence-electron chi connectivity index (χ4n) is 2.98. The normalized spacial score (nSPS) is 18.9. The molecule has 1 saturated heterocycles. The number of unbranched alkanes of at least 4 members (excludes halogenated alkanes) is 2. The van der Waals surface area contributed by atoms with E-state index in [2.05, 4.69) is 11.8 Å². The van der Waals surface area contributed by atoms with Crippen molar-refractivity contribution in [3.63, 3.8) is 0 Å². The van der Waals surface area contributed by atoms with E-state index in [1.54, 1.807) is 0 Å². The number of benzene rings is 1. The fraction of sp³-hybridized carbons (Fsp3) is 0.647. The number of likely N-dealkylation sites (tertiary alicyclic amines) is 1. The van der Waals surface area contributed by atoms with E-state index in [0.29, 0.717) is 12.9 Å². The molecule has 0 aliphatic carbocycles. The van der Waals surface area contributed by atoms with Crippen LogP contribution in [0.5, 0.6) is 17.2 Å². The molecule has 0 N–H and O–H groups in total. The highest BCUT2D eigenvalue weighted by Crippen LogP contribution is 2.35. The molecule has 116 valence electrons. The lowest BCUT2D eigenvalue weighted by Crippen LogP contribution is -2.38. The highest BCUT2D eigenvalue weighted by Gasteiger charge is 2.21. The van der Waals surface area contributed by atoms with E-state index in [1.165, 1.54) is 25.8 Å². The maximum Gasteiger partial charge on any atom is 0.231 e. The maximum absolute atomic E-state index is 6.09. The summed E-state index contributed by atoms with van der Waals surface area (Å²) in [6.45, 7) is 6.11. The summed E-state index contributed by atoms with van der Waals surface area (Å²) < 4.78 is 16.8. The number of hydrogen-bond donors (Lipinski definition) is 0. The third kappa shape index (κ3) is 3.82. The Kier molecular flexibility index (Phi) is 4.86. The van der Waals surface area contributed by atoms with Crippen LogP contribution in [0.4, 0.5) is 0 Å². The molecule has 2 aliphatic rings. The third-order valence-corrected chi connectivity index (χ3v) is 4.26. The Labute approximate surface area is 127 Å². The third-order valence-electron chi connectivity index (χ3n) is 4.26. The Bertz CT molecular complexity index is 455. The largest absolute Gasteiger partial charge is 0.490 e. The van der Waals surface area contributed by atoms with Gasteiger partial charge in [-0.15, -0.1) is 0 Å². The van der Waals surface area contributed by atoms with Crippen LogP contribution in [0.25, 0.3) is 0 Å². The van der Waals surface area contributed by atoms with E-state index in [-0.39, 0.29) is 0 Å². The highest BCUT2D eigenvalue weighted by atomic mass is 16.7. The smallest absolute Gasteiger partial charge is 0.231 e. The van der Waals surface area contributed by atoms with Crippen LogP contribution in [0.15, 0.2) is 18.2 Å². The molecule has 0 aromatic heterocycles. The molecule has 4 nitrogen and oxygen atoms in total. The molecular weight excluding hydrogens is 266 g/mol. The number of rotatable bonds is 6. The minimum absolute atomic E-state index is 0.314. The first-order valence-corrected chi connectivity index (χ1v) is 8.14. The van der Waals surface area contributed by atoms with Gasteiger partial charge < -0.3 is 19.1 Å². The van der Waals surface area contributed by atoms with Gasteiger partial charge in [0.25, 0.3) is 0 Å². The van der Waals surface area contributed by atoms with Crippen LogP contribution in [-0.4, -0.2) is 37.4 Å². The van der Waals surface area contributed by atoms with Gasteiger partial charge in [-0.25, -0.2) is 0 Å². The van der Waals surface area contributed by atoms with Gasteiger partial charge in [-0.05, 0) is 37.9 Å². The number of piperidine rings is 1. The van der Waals surface area contributed by atoms with Crippen molar-refractivity contribution < 1.29 is 14.2 Å². The Morgan fingerprint density at radius 3 is 2.76 bits per heavy atom. The van der Waals surface area contributed by atoms with Gasteiger partial charge in [0.2, 0.25) is 6.79 Å². The highest BCUT2D eigenvalue weighted by molar-refractivity contribution is 5.46. The van der Waals surface area contributed by atoms with Crippen LogP contribution in [0, 0.1) is 0 Å². The molecule has 21 heavy (non-hydrogen) atoms. The maximum atomic E-state index is 6.09. The zero-order chi connectivity index (χ0) is 14.5. The predicted octanol–water partition coefficient (Wildman–Crippen LogP) is 3.45. The second-order valence-electron chi connectivity index (χ2n) is 5.88. The second kappa shape index (κ2) is 7.03. The summed E-state index contributed by atoms with van der Waals surface area (Å²) >= 11 is 0. The van der Waals surface area contributed by atoms with Crippen LogP contribution >= 0.6 is 0 Å². The lowest BCUT2D eigenvalue weighted by atomic mass is 10.1. The zero-order valence-corrected chi connectivity index (χ0v) is 12.8. The molecule has 3 rings (SSSR count). The minimum Gasteiger partial charge on any atom is -0.490 e. The van der Waals surface area contributed by atoms with Crippen molar-refractivity contribution in [2.24, 2.45) is 0 Å². The zero-order valence-electron chi connectivity index (χ0n) is 12.8. The molecular formula is C17H25NO3. The molecule has 1 aromatic carbocycles. The van der Waals surface area contributed by atoms with Gasteiger partial charge in [0, 0.05) is 19.2 Å². The van der Waals surface area contributed by atoms with Crippen molar-refractivity contribution in [1.29, 1.82) is 0 Å². The van der Waals surface area contributed by atoms with Crippen LogP contribution in [0.3, 0.4) is 0 Å². The first kappa shape index (κ1) is 14.5. The summed E-state index contributed by atoms with van der Waals surface area (Å²) in [5, 5.41) is 0. The van der Waals surface area contributed by atoms with E-state index in [1.807, 2.05) is 18.2 Å². The van der Waals surface area contributed by atoms with Crippen LogP contribution in [-0.2, 0) is 0 Å². The molecule has 2 heterocycles. The number of nitrogens with zero attached hydrogens (tertiary/aromatic N) is 1. The van der Waals surface area contributed by atoms with Gasteiger partial charge in [-0.1, -0.05) is 19.8 Å². The molecule has 1 aromatic rings. The molecule has 0 radical (unpaired) electrons. The van der Waals surface area contributed by atoms with E-state index < -0.39 is 0 Å². The van der Waals surface area contributed by atoms with Crippen molar-refractivity contribution in [3.05, 3.63) is 18.2 Å². The van der Waals surface area contributed by atoms with Crippen molar-refractivity contribution in [2.45, 2.75) is 45.1 Å². The van der Waals surface area contributed by atoms with Crippen LogP contribution in [0.2, 0.25) is 0 Å². The fourth-order valence-corrected chi connectivity index (χ4v) is 2.98. The second-order valence-corrected chi connectivity index (χ2v) is 5.88. The first-order chi connectivity index (χ1) is 10.3. The van der Waals surface area contributed by atoms with Crippen LogP contribution < -0.4 is 14.2 Å².